The summed E-state index contributed by atoms with van der Waals surface area (Å²) in [5, 5.41) is 8.77. The first-order chi connectivity index (χ1) is 13.7. The Hall–Kier alpha value is -3.34. The molecule has 0 aliphatic rings. The van der Waals surface area contributed by atoms with Gasteiger partial charge in [-0.2, -0.15) is 8.78 Å². The number of rotatable bonds is 9. The molecule has 0 amide bonds. The van der Waals surface area contributed by atoms with Crippen molar-refractivity contribution in [1.82, 2.24) is 0 Å². The molecule has 0 aliphatic carbocycles. The fourth-order valence-corrected chi connectivity index (χ4v) is 3.60. The minimum atomic E-state index is -4.21. The molecule has 11 heteroatoms. The molecule has 156 valence electrons. The molecule has 0 aliphatic heterocycles. The van der Waals surface area contributed by atoms with E-state index in [9.17, 15) is 22.0 Å². The molecule has 0 radical (unpaired) electrons. The number of benzene rings is 2. The zero-order valence-corrected chi connectivity index (χ0v) is 16.1. The number of alkyl halides is 2. The zero-order chi connectivity index (χ0) is 21.6. The Labute approximate surface area is 165 Å². The largest absolute Gasteiger partial charge is 0.493 e. The number of anilines is 1. The number of nitrogens with one attached hydrogen (secondary N) is 1. The van der Waals surface area contributed by atoms with Crippen molar-refractivity contribution >= 4 is 27.8 Å². The number of aliphatic carboxylic acids is 1. The smallest absolute Gasteiger partial charge is 0.387 e. The average molecular weight is 429 g/mol. The van der Waals surface area contributed by atoms with Crippen LogP contribution in [0.5, 0.6) is 17.2 Å². The molecule has 2 aromatic rings. The van der Waals surface area contributed by atoms with Crippen LogP contribution in [0.3, 0.4) is 0 Å². The molecule has 0 unspecified atom stereocenters. The van der Waals surface area contributed by atoms with Gasteiger partial charge in [0.25, 0.3) is 10.0 Å². The molecule has 0 saturated carbocycles. The molecule has 0 spiro atoms. The predicted molar refractivity (Wildman–Crippen MR) is 100 cm³/mol. The third-order valence-corrected chi connectivity index (χ3v) is 4.89. The van der Waals surface area contributed by atoms with E-state index in [-0.39, 0.29) is 33.4 Å². The lowest BCUT2D eigenvalue weighted by molar-refractivity contribution is -0.131. The minimum Gasteiger partial charge on any atom is -0.493 e. The predicted octanol–water partition coefficient (Wildman–Crippen LogP) is 3.20. The average Bonchev–Trinajstić information content (AvgIpc) is 2.66. The maximum Gasteiger partial charge on any atom is 0.387 e. The van der Waals surface area contributed by atoms with E-state index in [0.29, 0.717) is 0 Å². The van der Waals surface area contributed by atoms with E-state index in [1.54, 1.807) is 0 Å². The molecule has 0 heterocycles. The number of halogens is 2. The zero-order valence-electron chi connectivity index (χ0n) is 15.3. The first-order valence-electron chi connectivity index (χ1n) is 7.91. The molecule has 29 heavy (non-hydrogen) atoms. The van der Waals surface area contributed by atoms with Crippen LogP contribution in [0.1, 0.15) is 5.56 Å². The third-order valence-electron chi connectivity index (χ3n) is 3.51. The van der Waals surface area contributed by atoms with Gasteiger partial charge < -0.3 is 19.3 Å². The number of hydrogen-bond donors (Lipinski definition) is 2. The van der Waals surface area contributed by atoms with Crippen molar-refractivity contribution in [3.63, 3.8) is 0 Å². The standard InChI is InChI=1S/C18H17F2NO7S/c1-26-14-9-11(3-8-16(22)23)10-15(17(14)27-2)29(24,25)21-12-4-6-13(7-5-12)28-18(19)20/h3-10,18,21H,1-2H3,(H,22,23)/b8-3+. The molecule has 0 bridgehead atoms. The van der Waals surface area contributed by atoms with Crippen molar-refractivity contribution in [1.29, 1.82) is 0 Å². The monoisotopic (exact) mass is 429 g/mol. The van der Waals surface area contributed by atoms with Crippen LogP contribution in [0.25, 0.3) is 6.08 Å². The molecule has 0 aromatic heterocycles. The Bertz CT molecular complexity index is 1010. The minimum absolute atomic E-state index is 0.0705. The van der Waals surface area contributed by atoms with Gasteiger partial charge in [0, 0.05) is 11.8 Å². The second-order valence-electron chi connectivity index (χ2n) is 5.43. The molecule has 0 saturated heterocycles. The molecule has 2 N–H and O–H groups in total. The van der Waals surface area contributed by atoms with Crippen LogP contribution in [0, 0.1) is 0 Å². The third kappa shape index (κ3) is 5.82. The van der Waals surface area contributed by atoms with Crippen LogP contribution in [0.15, 0.2) is 47.4 Å². The van der Waals surface area contributed by atoms with E-state index in [0.717, 1.165) is 6.08 Å². The second kappa shape index (κ2) is 9.24. The van der Waals surface area contributed by atoms with Gasteiger partial charge in [0.05, 0.1) is 14.2 Å². The van der Waals surface area contributed by atoms with E-state index in [2.05, 4.69) is 9.46 Å². The highest BCUT2D eigenvalue weighted by Crippen LogP contribution is 2.37. The summed E-state index contributed by atoms with van der Waals surface area (Å²) in [5.41, 5.74) is 0.324. The van der Waals surface area contributed by atoms with Gasteiger partial charge in [0.2, 0.25) is 0 Å². The van der Waals surface area contributed by atoms with Crippen LogP contribution in [-0.2, 0) is 14.8 Å². The normalized spacial score (nSPS) is 11.5. The summed E-state index contributed by atoms with van der Waals surface area (Å²) in [5.74, 6) is -1.37. The van der Waals surface area contributed by atoms with E-state index in [4.69, 9.17) is 14.6 Å². The summed E-state index contributed by atoms with van der Waals surface area (Å²) in [6.45, 7) is -3.00. The highest BCUT2D eigenvalue weighted by atomic mass is 32.2. The first kappa shape index (κ1) is 22.0. The summed E-state index contributed by atoms with van der Waals surface area (Å²) in [6, 6.07) is 7.45. The lowest BCUT2D eigenvalue weighted by Crippen LogP contribution is -2.15. The number of ether oxygens (including phenoxy) is 3. The highest BCUT2D eigenvalue weighted by Gasteiger charge is 2.24. The van der Waals surface area contributed by atoms with Gasteiger partial charge in [-0.1, -0.05) is 0 Å². The Morgan fingerprint density at radius 1 is 1.14 bits per heavy atom. The lowest BCUT2D eigenvalue weighted by atomic mass is 10.2. The summed E-state index contributed by atoms with van der Waals surface area (Å²) in [4.78, 5) is 10.4. The molecule has 0 fully saturated rings. The Morgan fingerprint density at radius 3 is 2.31 bits per heavy atom. The molecule has 8 nitrogen and oxygen atoms in total. The number of carbonyl (C=O) groups is 1. The summed E-state index contributed by atoms with van der Waals surface area (Å²) in [6.07, 6.45) is 2.03. The van der Waals surface area contributed by atoms with Crippen molar-refractivity contribution < 1.29 is 41.3 Å². The summed E-state index contributed by atoms with van der Waals surface area (Å²) in [7, 11) is -1.66. The molecule has 2 aromatic carbocycles. The Morgan fingerprint density at radius 2 is 1.79 bits per heavy atom. The van der Waals surface area contributed by atoms with E-state index < -0.39 is 22.6 Å². The first-order valence-corrected chi connectivity index (χ1v) is 9.39. The van der Waals surface area contributed by atoms with Crippen molar-refractivity contribution in [2.45, 2.75) is 11.5 Å². The van der Waals surface area contributed by atoms with E-state index >= 15 is 0 Å². The molecular weight excluding hydrogens is 412 g/mol. The number of hydrogen-bond acceptors (Lipinski definition) is 6. The number of carboxylic acids is 1. The quantitative estimate of drug-likeness (QED) is 0.589. The van der Waals surface area contributed by atoms with Crippen LogP contribution < -0.4 is 18.9 Å². The molecule has 0 atom stereocenters. The van der Waals surface area contributed by atoms with E-state index in [1.807, 2.05) is 0 Å². The van der Waals surface area contributed by atoms with Gasteiger partial charge in [0.15, 0.2) is 11.5 Å². The van der Waals surface area contributed by atoms with Gasteiger partial charge in [-0.3, -0.25) is 4.72 Å². The summed E-state index contributed by atoms with van der Waals surface area (Å²) >= 11 is 0. The van der Waals surface area contributed by atoms with Gasteiger partial charge in [0.1, 0.15) is 10.6 Å². The Balaban J connectivity index is 2.44. The number of methoxy groups -OCH3 is 2. The van der Waals surface area contributed by atoms with E-state index in [1.165, 1.54) is 56.7 Å². The second-order valence-corrected chi connectivity index (χ2v) is 7.09. The Kier molecular flexibility index (Phi) is 6.99. The summed E-state index contributed by atoms with van der Waals surface area (Å²) < 4.78 is 66.9. The number of carboxylic acid groups (broad SMARTS) is 1. The SMILES string of the molecule is COc1cc(/C=C/C(=O)O)cc(S(=O)(=O)Nc2ccc(OC(F)F)cc2)c1OC. The molecule has 2 rings (SSSR count). The maximum atomic E-state index is 12.9. The lowest BCUT2D eigenvalue weighted by Gasteiger charge is -2.15. The molecular formula is C18H17F2NO7S. The van der Waals surface area contributed by atoms with Crippen molar-refractivity contribution in [2.75, 3.05) is 18.9 Å². The van der Waals surface area contributed by atoms with Gasteiger partial charge in [-0.25, -0.2) is 13.2 Å². The fraction of sp³-hybridized carbons (Fsp3) is 0.167. The van der Waals surface area contributed by atoms with Gasteiger partial charge >= 0.3 is 12.6 Å². The van der Waals surface area contributed by atoms with Gasteiger partial charge in [-0.15, -0.1) is 0 Å². The van der Waals surface area contributed by atoms with Crippen molar-refractivity contribution in [2.24, 2.45) is 0 Å². The van der Waals surface area contributed by atoms with Crippen LogP contribution >= 0.6 is 0 Å². The highest BCUT2D eigenvalue weighted by molar-refractivity contribution is 7.92. The topological polar surface area (TPSA) is 111 Å². The fourth-order valence-electron chi connectivity index (χ4n) is 2.33. The maximum absolute atomic E-state index is 12.9. The van der Waals surface area contributed by atoms with Gasteiger partial charge in [-0.05, 0) is 48.0 Å². The number of sulfonamides is 1. The van der Waals surface area contributed by atoms with Crippen LogP contribution in [-0.4, -0.2) is 40.3 Å². The van der Waals surface area contributed by atoms with Crippen molar-refractivity contribution in [3.8, 4) is 17.2 Å². The van der Waals surface area contributed by atoms with Crippen LogP contribution in [0.4, 0.5) is 14.5 Å². The van der Waals surface area contributed by atoms with Crippen LogP contribution in [0.2, 0.25) is 0 Å². The van der Waals surface area contributed by atoms with Crippen molar-refractivity contribution in [3.05, 3.63) is 48.0 Å².